The van der Waals surface area contributed by atoms with E-state index in [1.54, 1.807) is 49.8 Å². The molecule has 16 heavy (non-hydrogen) atoms. The fraction of sp³-hybridized carbons (Fsp3) is 0.167. The lowest BCUT2D eigenvalue weighted by Gasteiger charge is -2.07. The molecule has 0 fully saturated rings. The lowest BCUT2D eigenvalue weighted by Crippen LogP contribution is -1.94. The number of aliphatic hydroxyl groups is 1. The van der Waals surface area contributed by atoms with Crippen molar-refractivity contribution in [2.45, 2.75) is 13.0 Å². The molecule has 4 heteroatoms. The van der Waals surface area contributed by atoms with Gasteiger partial charge in [0.05, 0.1) is 12.3 Å². The molecule has 0 amide bonds. The molecule has 0 bridgehead atoms. The van der Waals surface area contributed by atoms with E-state index in [4.69, 9.17) is 4.74 Å². The first-order valence-electron chi connectivity index (χ1n) is 4.97. The minimum Gasteiger partial charge on any atom is -0.437 e. The predicted octanol–water partition coefficient (Wildman–Crippen LogP) is 2.32. The Balaban J connectivity index is 2.19. The van der Waals surface area contributed by atoms with Crippen LogP contribution in [0.1, 0.15) is 18.6 Å². The zero-order chi connectivity index (χ0) is 11.4. The molecule has 0 aliphatic carbocycles. The molecule has 0 radical (unpaired) electrons. The highest BCUT2D eigenvalue weighted by atomic mass is 16.5. The first-order valence-corrected chi connectivity index (χ1v) is 4.97. The van der Waals surface area contributed by atoms with E-state index in [1.165, 1.54) is 0 Å². The second kappa shape index (κ2) is 4.72. The number of rotatable bonds is 3. The van der Waals surface area contributed by atoms with E-state index in [1.807, 2.05) is 0 Å². The Morgan fingerprint density at radius 3 is 2.88 bits per heavy atom. The number of nitrogens with zero attached hydrogens (tertiary/aromatic N) is 2. The highest BCUT2D eigenvalue weighted by molar-refractivity contribution is 5.27. The molecule has 2 aromatic rings. The molecule has 0 aliphatic heterocycles. The summed E-state index contributed by atoms with van der Waals surface area (Å²) < 4.78 is 5.48. The molecule has 1 unspecified atom stereocenters. The van der Waals surface area contributed by atoms with Crippen LogP contribution in [-0.4, -0.2) is 15.1 Å². The average Bonchev–Trinajstić information content (AvgIpc) is 2.30. The first-order chi connectivity index (χ1) is 7.75. The van der Waals surface area contributed by atoms with Crippen molar-refractivity contribution >= 4 is 0 Å². The quantitative estimate of drug-likeness (QED) is 0.855. The minimum absolute atomic E-state index is 0.450. The molecule has 0 saturated carbocycles. The second-order valence-corrected chi connectivity index (χ2v) is 3.39. The molecule has 1 N–H and O–H groups in total. The number of hydrogen-bond donors (Lipinski definition) is 1. The van der Waals surface area contributed by atoms with Gasteiger partial charge in [-0.1, -0.05) is 0 Å². The summed E-state index contributed by atoms with van der Waals surface area (Å²) in [5.74, 6) is 1.07. The standard InChI is InChI=1S/C12H12N2O2/c1-9(15)10-4-6-14-12(7-10)16-11-3-2-5-13-8-11/h2-9,15H,1H3. The Hall–Kier alpha value is -1.94. The van der Waals surface area contributed by atoms with Gasteiger partial charge in [-0.25, -0.2) is 4.98 Å². The van der Waals surface area contributed by atoms with Crippen molar-refractivity contribution < 1.29 is 9.84 Å². The van der Waals surface area contributed by atoms with Gasteiger partial charge >= 0.3 is 0 Å². The molecular weight excluding hydrogens is 204 g/mol. The van der Waals surface area contributed by atoms with Crippen molar-refractivity contribution in [3.8, 4) is 11.6 Å². The van der Waals surface area contributed by atoms with Crippen LogP contribution in [0.25, 0.3) is 0 Å². The van der Waals surface area contributed by atoms with E-state index in [-0.39, 0.29) is 0 Å². The molecule has 0 aromatic carbocycles. The van der Waals surface area contributed by atoms with E-state index >= 15 is 0 Å². The zero-order valence-electron chi connectivity index (χ0n) is 8.87. The molecule has 4 nitrogen and oxygen atoms in total. The van der Waals surface area contributed by atoms with Crippen LogP contribution in [0.2, 0.25) is 0 Å². The van der Waals surface area contributed by atoms with Crippen LogP contribution in [0, 0.1) is 0 Å². The molecule has 2 heterocycles. The summed E-state index contributed by atoms with van der Waals surface area (Å²) in [5.41, 5.74) is 0.772. The van der Waals surface area contributed by atoms with Gasteiger partial charge in [-0.05, 0) is 30.7 Å². The maximum atomic E-state index is 9.42. The molecule has 0 aliphatic rings. The van der Waals surface area contributed by atoms with Crippen LogP contribution in [0.3, 0.4) is 0 Å². The van der Waals surface area contributed by atoms with Gasteiger partial charge in [0.15, 0.2) is 0 Å². The molecule has 82 valence electrons. The Morgan fingerprint density at radius 2 is 2.19 bits per heavy atom. The van der Waals surface area contributed by atoms with Crippen LogP contribution in [-0.2, 0) is 0 Å². The first kappa shape index (κ1) is 10.6. The van der Waals surface area contributed by atoms with Crippen molar-refractivity contribution in [2.75, 3.05) is 0 Å². The van der Waals surface area contributed by atoms with Crippen LogP contribution >= 0.6 is 0 Å². The molecule has 2 aromatic heterocycles. The summed E-state index contributed by atoms with van der Waals surface area (Å²) in [6.07, 6.45) is 4.36. The fourth-order valence-electron chi connectivity index (χ4n) is 1.27. The Morgan fingerprint density at radius 1 is 1.31 bits per heavy atom. The van der Waals surface area contributed by atoms with Crippen molar-refractivity contribution in [1.82, 2.24) is 9.97 Å². The smallest absolute Gasteiger partial charge is 0.219 e. The summed E-state index contributed by atoms with van der Waals surface area (Å²) in [6, 6.07) is 7.04. The van der Waals surface area contributed by atoms with Gasteiger partial charge in [0, 0.05) is 18.5 Å². The van der Waals surface area contributed by atoms with E-state index in [0.29, 0.717) is 11.6 Å². The normalized spacial score (nSPS) is 12.1. The zero-order valence-corrected chi connectivity index (χ0v) is 8.87. The Labute approximate surface area is 93.6 Å². The lowest BCUT2D eigenvalue weighted by molar-refractivity contribution is 0.198. The van der Waals surface area contributed by atoms with Crippen LogP contribution in [0.15, 0.2) is 42.9 Å². The van der Waals surface area contributed by atoms with E-state index in [0.717, 1.165) is 5.56 Å². The minimum atomic E-state index is -0.528. The molecule has 1 atom stereocenters. The van der Waals surface area contributed by atoms with Gasteiger partial charge in [-0.2, -0.15) is 0 Å². The second-order valence-electron chi connectivity index (χ2n) is 3.39. The van der Waals surface area contributed by atoms with Crippen LogP contribution in [0.5, 0.6) is 11.6 Å². The van der Waals surface area contributed by atoms with Gasteiger partial charge in [0.2, 0.25) is 5.88 Å². The van der Waals surface area contributed by atoms with Crippen molar-refractivity contribution in [3.63, 3.8) is 0 Å². The summed E-state index contributed by atoms with van der Waals surface area (Å²) in [6.45, 7) is 1.70. The van der Waals surface area contributed by atoms with E-state index in [2.05, 4.69) is 9.97 Å². The van der Waals surface area contributed by atoms with Gasteiger partial charge in [-0.15, -0.1) is 0 Å². The summed E-state index contributed by atoms with van der Waals surface area (Å²) in [7, 11) is 0. The van der Waals surface area contributed by atoms with Crippen LogP contribution < -0.4 is 4.74 Å². The number of aromatic nitrogens is 2. The van der Waals surface area contributed by atoms with Crippen LogP contribution in [0.4, 0.5) is 0 Å². The lowest BCUT2D eigenvalue weighted by atomic mass is 10.2. The van der Waals surface area contributed by atoms with Crippen molar-refractivity contribution in [2.24, 2.45) is 0 Å². The number of aliphatic hydroxyl groups excluding tert-OH is 1. The van der Waals surface area contributed by atoms with Gasteiger partial charge in [0.25, 0.3) is 0 Å². The molecule has 0 spiro atoms. The number of pyridine rings is 2. The third-order valence-electron chi connectivity index (χ3n) is 2.10. The third-order valence-corrected chi connectivity index (χ3v) is 2.10. The predicted molar refractivity (Wildman–Crippen MR) is 59.2 cm³/mol. The number of hydrogen-bond acceptors (Lipinski definition) is 4. The van der Waals surface area contributed by atoms with Gasteiger partial charge < -0.3 is 9.84 Å². The Bertz CT molecular complexity index is 458. The highest BCUT2D eigenvalue weighted by Gasteiger charge is 2.04. The maximum Gasteiger partial charge on any atom is 0.219 e. The third kappa shape index (κ3) is 2.55. The SMILES string of the molecule is CC(O)c1ccnc(Oc2cccnc2)c1. The summed E-state index contributed by atoms with van der Waals surface area (Å²) in [5, 5.41) is 9.42. The average molecular weight is 216 g/mol. The molecule has 2 rings (SSSR count). The van der Waals surface area contributed by atoms with Gasteiger partial charge in [0.1, 0.15) is 5.75 Å². The fourth-order valence-corrected chi connectivity index (χ4v) is 1.27. The van der Waals surface area contributed by atoms with Crippen molar-refractivity contribution in [1.29, 1.82) is 0 Å². The van der Waals surface area contributed by atoms with Gasteiger partial charge in [-0.3, -0.25) is 4.98 Å². The number of ether oxygens (including phenoxy) is 1. The molecule has 0 saturated heterocycles. The topological polar surface area (TPSA) is 55.2 Å². The monoisotopic (exact) mass is 216 g/mol. The summed E-state index contributed by atoms with van der Waals surface area (Å²) in [4.78, 5) is 7.99. The van der Waals surface area contributed by atoms with Crippen molar-refractivity contribution in [3.05, 3.63) is 48.4 Å². The van der Waals surface area contributed by atoms with E-state index < -0.39 is 6.10 Å². The Kier molecular flexibility index (Phi) is 3.12. The maximum absolute atomic E-state index is 9.42. The largest absolute Gasteiger partial charge is 0.437 e. The van der Waals surface area contributed by atoms with E-state index in [9.17, 15) is 5.11 Å². The molecular formula is C12H12N2O2. The highest BCUT2D eigenvalue weighted by Crippen LogP contribution is 2.21. The summed E-state index contributed by atoms with van der Waals surface area (Å²) >= 11 is 0.